The van der Waals surface area contributed by atoms with Gasteiger partial charge in [0, 0.05) is 32.5 Å². The number of hydrogen-bond acceptors (Lipinski definition) is 4. The minimum absolute atomic E-state index is 0.0356. The molecule has 1 spiro atoms. The largest absolute Gasteiger partial charge is 0.509 e. The van der Waals surface area contributed by atoms with Crippen LogP contribution in [0, 0.1) is 5.92 Å². The van der Waals surface area contributed by atoms with Gasteiger partial charge in [-0.3, -0.25) is 0 Å². The number of piperidine rings is 1. The van der Waals surface area contributed by atoms with Crippen LogP contribution in [0.4, 0.5) is 9.59 Å². The summed E-state index contributed by atoms with van der Waals surface area (Å²) in [7, 11) is 0. The van der Waals surface area contributed by atoms with Crippen molar-refractivity contribution in [2.75, 3.05) is 26.2 Å². The molecule has 0 aromatic heterocycles. The molecule has 1 aromatic carbocycles. The van der Waals surface area contributed by atoms with Crippen LogP contribution >= 0.6 is 0 Å². The van der Waals surface area contributed by atoms with Crippen LogP contribution in [0.2, 0.25) is 0 Å². The van der Waals surface area contributed by atoms with E-state index < -0.39 is 11.8 Å². The zero-order chi connectivity index (χ0) is 17.7. The zero-order valence-corrected chi connectivity index (χ0v) is 14.7. The molecule has 1 aromatic rings. The van der Waals surface area contributed by atoms with Gasteiger partial charge in [-0.1, -0.05) is 43.7 Å². The normalized spacial score (nSPS) is 20.0. The van der Waals surface area contributed by atoms with E-state index in [2.05, 4.69) is 24.4 Å². The van der Waals surface area contributed by atoms with Crippen molar-refractivity contribution < 1.29 is 19.1 Å². The number of urea groups is 1. The van der Waals surface area contributed by atoms with Crippen LogP contribution in [-0.4, -0.2) is 48.9 Å². The van der Waals surface area contributed by atoms with Crippen molar-refractivity contribution in [3.05, 3.63) is 35.9 Å². The predicted molar refractivity (Wildman–Crippen MR) is 93.3 cm³/mol. The van der Waals surface area contributed by atoms with E-state index in [1.54, 1.807) is 4.90 Å². The number of benzene rings is 1. The van der Waals surface area contributed by atoms with Crippen LogP contribution < -0.4 is 5.32 Å². The summed E-state index contributed by atoms with van der Waals surface area (Å²) in [4.78, 5) is 25.4. The lowest BCUT2D eigenvalue weighted by molar-refractivity contribution is 0.00929. The topological polar surface area (TPSA) is 67.9 Å². The van der Waals surface area contributed by atoms with Gasteiger partial charge in [0.05, 0.1) is 0 Å². The SMILES string of the molecule is CCC(CNC(=O)N1CCC2(CC1)COC(=O)O2)Cc1ccccc1. The van der Waals surface area contributed by atoms with E-state index in [1.807, 2.05) is 18.2 Å². The first kappa shape index (κ1) is 17.6. The summed E-state index contributed by atoms with van der Waals surface area (Å²) >= 11 is 0. The molecule has 1 N–H and O–H groups in total. The fourth-order valence-corrected chi connectivity index (χ4v) is 3.44. The second-order valence-electron chi connectivity index (χ2n) is 6.96. The highest BCUT2D eigenvalue weighted by Gasteiger charge is 2.45. The molecular formula is C19H26N2O4. The van der Waals surface area contributed by atoms with E-state index in [-0.39, 0.29) is 6.03 Å². The molecule has 6 heteroatoms. The predicted octanol–water partition coefficient (Wildman–Crippen LogP) is 2.97. The third-order valence-electron chi connectivity index (χ3n) is 5.20. The van der Waals surface area contributed by atoms with Crippen molar-refractivity contribution in [1.82, 2.24) is 10.2 Å². The summed E-state index contributed by atoms with van der Waals surface area (Å²) in [5, 5.41) is 3.06. The van der Waals surface area contributed by atoms with Crippen LogP contribution in [0.3, 0.4) is 0 Å². The van der Waals surface area contributed by atoms with Crippen LogP contribution in [-0.2, 0) is 15.9 Å². The van der Waals surface area contributed by atoms with E-state index in [0.29, 0.717) is 45.0 Å². The summed E-state index contributed by atoms with van der Waals surface area (Å²) in [6, 6.07) is 10.3. The second kappa shape index (κ2) is 7.76. The van der Waals surface area contributed by atoms with Crippen molar-refractivity contribution in [3.8, 4) is 0 Å². The van der Waals surface area contributed by atoms with Crippen LogP contribution in [0.5, 0.6) is 0 Å². The lowest BCUT2D eigenvalue weighted by Crippen LogP contribution is -2.51. The van der Waals surface area contributed by atoms with E-state index in [4.69, 9.17) is 9.47 Å². The van der Waals surface area contributed by atoms with Crippen molar-refractivity contribution in [3.63, 3.8) is 0 Å². The number of ether oxygens (including phenoxy) is 2. The highest BCUT2D eigenvalue weighted by molar-refractivity contribution is 5.74. The Morgan fingerprint density at radius 2 is 2.00 bits per heavy atom. The molecule has 1 atom stereocenters. The molecule has 2 aliphatic rings. The number of hydrogen-bond donors (Lipinski definition) is 1. The highest BCUT2D eigenvalue weighted by atomic mass is 16.8. The van der Waals surface area contributed by atoms with E-state index in [9.17, 15) is 9.59 Å². The van der Waals surface area contributed by atoms with Gasteiger partial charge in [0.1, 0.15) is 6.61 Å². The first-order valence-electron chi connectivity index (χ1n) is 9.03. The number of cyclic esters (lactones) is 1. The third-order valence-corrected chi connectivity index (χ3v) is 5.20. The summed E-state index contributed by atoms with van der Waals surface area (Å²) in [6.45, 7) is 4.29. The molecule has 0 aliphatic carbocycles. The van der Waals surface area contributed by atoms with Crippen molar-refractivity contribution in [2.24, 2.45) is 5.92 Å². The lowest BCUT2D eigenvalue weighted by Gasteiger charge is -2.36. The first-order chi connectivity index (χ1) is 12.1. The molecule has 2 fully saturated rings. The fourth-order valence-electron chi connectivity index (χ4n) is 3.44. The summed E-state index contributed by atoms with van der Waals surface area (Å²) in [5.41, 5.74) is 0.777. The monoisotopic (exact) mass is 346 g/mol. The van der Waals surface area contributed by atoms with Crippen LogP contribution in [0.1, 0.15) is 31.7 Å². The van der Waals surface area contributed by atoms with Gasteiger partial charge in [-0.25, -0.2) is 9.59 Å². The van der Waals surface area contributed by atoms with Gasteiger partial charge in [0.2, 0.25) is 0 Å². The van der Waals surface area contributed by atoms with Crippen molar-refractivity contribution in [2.45, 2.75) is 38.2 Å². The third kappa shape index (κ3) is 4.44. The number of carbonyl (C=O) groups excluding carboxylic acids is 2. The van der Waals surface area contributed by atoms with Gasteiger partial charge in [0.15, 0.2) is 5.60 Å². The Hall–Kier alpha value is -2.24. The number of carbonyl (C=O) groups is 2. The summed E-state index contributed by atoms with van der Waals surface area (Å²) in [6.07, 6.45) is 2.66. The number of nitrogens with one attached hydrogen (secondary N) is 1. The Balaban J connectivity index is 1.44. The van der Waals surface area contributed by atoms with Crippen LogP contribution in [0.15, 0.2) is 30.3 Å². The molecule has 2 aliphatic heterocycles. The molecule has 25 heavy (non-hydrogen) atoms. The molecule has 3 rings (SSSR count). The molecule has 2 saturated heterocycles. The quantitative estimate of drug-likeness (QED) is 0.832. The van der Waals surface area contributed by atoms with Gasteiger partial charge in [-0.15, -0.1) is 0 Å². The molecule has 136 valence electrons. The number of rotatable bonds is 5. The maximum atomic E-state index is 12.4. The van der Waals surface area contributed by atoms with E-state index in [0.717, 1.165) is 12.8 Å². The molecule has 1 unspecified atom stereocenters. The Labute approximate surface area is 148 Å². The van der Waals surface area contributed by atoms with Gasteiger partial charge in [0.25, 0.3) is 0 Å². The number of amides is 2. The highest BCUT2D eigenvalue weighted by Crippen LogP contribution is 2.31. The Morgan fingerprint density at radius 3 is 2.60 bits per heavy atom. The molecular weight excluding hydrogens is 320 g/mol. The lowest BCUT2D eigenvalue weighted by atomic mass is 9.92. The average molecular weight is 346 g/mol. The van der Waals surface area contributed by atoms with Gasteiger partial charge >= 0.3 is 12.2 Å². The molecule has 0 bridgehead atoms. The molecule has 2 heterocycles. The maximum Gasteiger partial charge on any atom is 0.509 e. The Bertz CT molecular complexity index is 597. The second-order valence-corrected chi connectivity index (χ2v) is 6.96. The van der Waals surface area contributed by atoms with Gasteiger partial charge < -0.3 is 19.7 Å². The number of likely N-dealkylation sites (tertiary alicyclic amines) is 1. The molecule has 2 amide bonds. The van der Waals surface area contributed by atoms with E-state index >= 15 is 0 Å². The molecule has 0 saturated carbocycles. The van der Waals surface area contributed by atoms with E-state index in [1.165, 1.54) is 5.56 Å². The Kier molecular flexibility index (Phi) is 5.46. The molecule has 0 radical (unpaired) electrons. The minimum atomic E-state index is -0.593. The zero-order valence-electron chi connectivity index (χ0n) is 14.7. The summed E-state index contributed by atoms with van der Waals surface area (Å²) in [5.74, 6) is 0.423. The standard InChI is InChI=1S/C19H26N2O4/c1-2-15(12-16-6-4-3-5-7-16)13-20-17(22)21-10-8-19(9-11-21)14-24-18(23)25-19/h3-7,15H,2,8-14H2,1H3,(H,20,22). The fraction of sp³-hybridized carbons (Fsp3) is 0.579. The minimum Gasteiger partial charge on any atom is -0.430 e. The smallest absolute Gasteiger partial charge is 0.430 e. The van der Waals surface area contributed by atoms with Gasteiger partial charge in [-0.2, -0.15) is 0 Å². The van der Waals surface area contributed by atoms with Crippen LogP contribution in [0.25, 0.3) is 0 Å². The van der Waals surface area contributed by atoms with Crippen molar-refractivity contribution >= 4 is 12.2 Å². The van der Waals surface area contributed by atoms with Crippen molar-refractivity contribution in [1.29, 1.82) is 0 Å². The maximum absolute atomic E-state index is 12.4. The molecule has 6 nitrogen and oxygen atoms in total. The Morgan fingerprint density at radius 1 is 1.28 bits per heavy atom. The first-order valence-corrected chi connectivity index (χ1v) is 9.03. The number of nitrogens with zero attached hydrogens (tertiary/aromatic N) is 1. The summed E-state index contributed by atoms with van der Waals surface area (Å²) < 4.78 is 10.2. The van der Waals surface area contributed by atoms with Gasteiger partial charge in [-0.05, 0) is 17.9 Å². The average Bonchev–Trinajstić information content (AvgIpc) is 3.00.